The second-order valence-electron chi connectivity index (χ2n) is 4.00. The monoisotopic (exact) mass is 255 g/mol. The van der Waals surface area contributed by atoms with E-state index in [9.17, 15) is 13.2 Å². The molecule has 2 bridgehead atoms. The molecule has 0 saturated carbocycles. The molecule has 1 N–H and O–H groups in total. The molecule has 6 heteroatoms. The average Bonchev–Trinajstić information content (AvgIpc) is 2.26. The molecule has 5 nitrogen and oxygen atoms in total. The topological polar surface area (TPSA) is 74.7 Å². The molecule has 2 aliphatic rings. The van der Waals surface area contributed by atoms with Crippen LogP contribution in [-0.4, -0.2) is 33.1 Å². The molecule has 92 valence electrons. The highest BCUT2D eigenvalue weighted by Gasteiger charge is 2.38. The highest BCUT2D eigenvalue weighted by molar-refractivity contribution is 7.93. The van der Waals surface area contributed by atoms with E-state index >= 15 is 0 Å². The Morgan fingerprint density at radius 2 is 2.06 bits per heavy atom. The fourth-order valence-electron chi connectivity index (χ4n) is 2.14. The summed E-state index contributed by atoms with van der Waals surface area (Å²) >= 11 is 0. The highest BCUT2D eigenvalue weighted by Crippen LogP contribution is 2.45. The van der Waals surface area contributed by atoms with Gasteiger partial charge in [0, 0.05) is 7.05 Å². The van der Waals surface area contributed by atoms with Crippen LogP contribution < -0.4 is 4.90 Å². The minimum absolute atomic E-state index is 0.217. The number of likely N-dealkylation sites (N-methyl/N-ethyl adjacent to an activating group) is 1. The van der Waals surface area contributed by atoms with Crippen LogP contribution in [0.3, 0.4) is 0 Å². The van der Waals surface area contributed by atoms with Crippen LogP contribution in [0.1, 0.15) is 12.5 Å². The molecule has 0 atom stereocenters. The Hall–Kier alpha value is -1.56. The van der Waals surface area contributed by atoms with E-state index < -0.39 is 15.8 Å². The molecule has 0 spiro atoms. The molecule has 0 fully saturated rings. The molecule has 3 rings (SSSR count). The van der Waals surface area contributed by atoms with Crippen LogP contribution in [-0.2, 0) is 21.1 Å². The number of fused-ring (bicyclic) bond motifs is 2. The predicted octanol–water partition coefficient (Wildman–Crippen LogP) is 0.916. The van der Waals surface area contributed by atoms with Crippen molar-refractivity contribution >= 4 is 21.5 Å². The van der Waals surface area contributed by atoms with Crippen LogP contribution in [0.25, 0.3) is 0 Å². The Morgan fingerprint density at radius 1 is 1.41 bits per heavy atom. The van der Waals surface area contributed by atoms with Gasteiger partial charge in [-0.05, 0) is 24.1 Å². The third kappa shape index (κ3) is 1.59. The first-order chi connectivity index (χ1) is 7.89. The summed E-state index contributed by atoms with van der Waals surface area (Å²) in [6.07, 6.45) is 0.638. The molecule has 0 aromatic heterocycles. The lowest BCUT2D eigenvalue weighted by atomic mass is 10.1. The lowest BCUT2D eigenvalue weighted by Gasteiger charge is -2.30. The Balaban J connectivity index is 2.50. The van der Waals surface area contributed by atoms with Gasteiger partial charge in [-0.1, -0.05) is 6.92 Å². The number of benzene rings is 1. The van der Waals surface area contributed by atoms with Crippen molar-refractivity contribution in [1.29, 1.82) is 0 Å². The van der Waals surface area contributed by atoms with Crippen molar-refractivity contribution in [2.24, 2.45) is 0 Å². The van der Waals surface area contributed by atoms with Gasteiger partial charge >= 0.3 is 5.97 Å². The summed E-state index contributed by atoms with van der Waals surface area (Å²) in [5, 5.41) is 8.72. The van der Waals surface area contributed by atoms with E-state index in [4.69, 9.17) is 5.11 Å². The highest BCUT2D eigenvalue weighted by atomic mass is 32.2. The number of aliphatic carboxylic acids is 1. The van der Waals surface area contributed by atoms with Crippen LogP contribution in [0.5, 0.6) is 0 Å². The zero-order chi connectivity index (χ0) is 12.8. The number of carboxylic acids is 1. The van der Waals surface area contributed by atoms with Crippen molar-refractivity contribution in [2.45, 2.75) is 23.1 Å². The maximum absolute atomic E-state index is 11.9. The maximum atomic E-state index is 11.9. The molecule has 0 amide bonds. The van der Waals surface area contributed by atoms with E-state index in [2.05, 4.69) is 0 Å². The number of aryl methyl sites for hydroxylation is 1. The first-order valence-electron chi connectivity index (χ1n) is 5.23. The lowest BCUT2D eigenvalue weighted by molar-refractivity contribution is -0.135. The third-order valence-electron chi connectivity index (χ3n) is 2.89. The lowest BCUT2D eigenvalue weighted by Crippen LogP contribution is -2.30. The third-order valence-corrected chi connectivity index (χ3v) is 4.85. The van der Waals surface area contributed by atoms with Crippen molar-refractivity contribution in [2.75, 3.05) is 18.5 Å². The second kappa shape index (κ2) is 3.73. The van der Waals surface area contributed by atoms with Gasteiger partial charge in [-0.2, -0.15) is 0 Å². The molecule has 1 aromatic rings. The smallest absolute Gasteiger partial charge is 0.323 e. The van der Waals surface area contributed by atoms with Crippen LogP contribution in [0, 0.1) is 0 Å². The van der Waals surface area contributed by atoms with Gasteiger partial charge in [-0.3, -0.25) is 4.79 Å². The molecule has 2 heterocycles. The van der Waals surface area contributed by atoms with E-state index in [1.807, 2.05) is 6.92 Å². The molecule has 0 saturated heterocycles. The van der Waals surface area contributed by atoms with Crippen LogP contribution >= 0.6 is 0 Å². The van der Waals surface area contributed by atoms with E-state index in [0.717, 1.165) is 5.56 Å². The van der Waals surface area contributed by atoms with Gasteiger partial charge in [0.15, 0.2) is 0 Å². The van der Waals surface area contributed by atoms with Crippen LogP contribution in [0.4, 0.5) is 5.69 Å². The number of hydrogen-bond donors (Lipinski definition) is 1. The summed E-state index contributed by atoms with van der Waals surface area (Å²) in [6, 6.07) is 3.21. The summed E-state index contributed by atoms with van der Waals surface area (Å²) in [4.78, 5) is 12.7. The van der Waals surface area contributed by atoms with E-state index in [-0.39, 0.29) is 6.54 Å². The molecular formula is C11H13NO4S. The molecule has 0 radical (unpaired) electrons. The largest absolute Gasteiger partial charge is 0.480 e. The number of carboxylic acid groups (broad SMARTS) is 1. The summed E-state index contributed by atoms with van der Waals surface area (Å²) in [5.74, 6) is -0.987. The number of sulfone groups is 1. The quantitative estimate of drug-likeness (QED) is 0.879. The Kier molecular flexibility index (Phi) is 2.61. The maximum Gasteiger partial charge on any atom is 0.323 e. The number of nitrogens with zero attached hydrogens (tertiary/aromatic N) is 1. The Bertz CT molecular complexity index is 592. The standard InChI is InChI=1S/C11H13NO4S/c1-3-7-9-5-4-8(11(7)17(9,15)16)12(2)6-10(13)14/h4-5H,3,6H2,1-2H3,(H,13,14). The van der Waals surface area contributed by atoms with Crippen molar-refractivity contribution in [3.63, 3.8) is 0 Å². The fraction of sp³-hybridized carbons (Fsp3) is 0.364. The van der Waals surface area contributed by atoms with E-state index in [1.54, 1.807) is 19.2 Å². The average molecular weight is 255 g/mol. The number of hydrogen-bond acceptors (Lipinski definition) is 4. The van der Waals surface area contributed by atoms with Crippen molar-refractivity contribution in [3.05, 3.63) is 17.7 Å². The van der Waals surface area contributed by atoms with E-state index in [0.29, 0.717) is 21.9 Å². The zero-order valence-corrected chi connectivity index (χ0v) is 10.4. The number of anilines is 1. The van der Waals surface area contributed by atoms with Gasteiger partial charge < -0.3 is 10.0 Å². The molecule has 0 aliphatic carbocycles. The first-order valence-corrected chi connectivity index (χ1v) is 6.71. The minimum Gasteiger partial charge on any atom is -0.480 e. The normalized spacial score (nSPS) is 15.2. The molecule has 0 unspecified atom stereocenters. The van der Waals surface area contributed by atoms with Gasteiger partial charge in [0.05, 0.1) is 15.5 Å². The Morgan fingerprint density at radius 3 is 2.53 bits per heavy atom. The van der Waals surface area contributed by atoms with Crippen LogP contribution in [0.15, 0.2) is 21.9 Å². The summed E-state index contributed by atoms with van der Waals surface area (Å²) in [7, 11) is -1.74. The van der Waals surface area contributed by atoms with Crippen molar-refractivity contribution in [1.82, 2.24) is 0 Å². The summed E-state index contributed by atoms with van der Waals surface area (Å²) < 4.78 is 23.7. The van der Waals surface area contributed by atoms with Gasteiger partial charge in [0.2, 0.25) is 9.84 Å². The minimum atomic E-state index is -3.32. The number of rotatable bonds is 4. The zero-order valence-electron chi connectivity index (χ0n) is 9.60. The Labute approximate surface area is 99.6 Å². The molecular weight excluding hydrogens is 242 g/mol. The first kappa shape index (κ1) is 11.9. The number of carbonyl (C=O) groups is 1. The molecule has 2 aliphatic heterocycles. The molecule has 1 aromatic carbocycles. The van der Waals surface area contributed by atoms with E-state index in [1.165, 1.54) is 4.90 Å². The molecule has 17 heavy (non-hydrogen) atoms. The second-order valence-corrected chi connectivity index (χ2v) is 5.85. The van der Waals surface area contributed by atoms with Gasteiger partial charge in [-0.25, -0.2) is 8.42 Å². The summed E-state index contributed by atoms with van der Waals surface area (Å²) in [6.45, 7) is 1.67. The van der Waals surface area contributed by atoms with Crippen molar-refractivity contribution in [3.8, 4) is 0 Å². The summed E-state index contributed by atoms with van der Waals surface area (Å²) in [5.41, 5.74) is 1.28. The SMILES string of the molecule is CCc1c2ccc(N(C)CC(=O)O)c1S2(=O)=O. The van der Waals surface area contributed by atoms with Gasteiger partial charge in [-0.15, -0.1) is 0 Å². The van der Waals surface area contributed by atoms with Gasteiger partial charge in [0.25, 0.3) is 0 Å². The van der Waals surface area contributed by atoms with Crippen LogP contribution in [0.2, 0.25) is 0 Å². The predicted molar refractivity (Wildman–Crippen MR) is 62.2 cm³/mol. The fourth-order valence-corrected chi connectivity index (χ4v) is 4.10. The van der Waals surface area contributed by atoms with Gasteiger partial charge in [0.1, 0.15) is 6.54 Å². The van der Waals surface area contributed by atoms with Crippen molar-refractivity contribution < 1.29 is 18.3 Å².